The molecule has 0 bridgehead atoms. The molecule has 0 aromatic heterocycles. The average Bonchev–Trinajstić information content (AvgIpc) is 2.74. The van der Waals surface area contributed by atoms with Gasteiger partial charge in [-0.05, 0) is 74.7 Å². The van der Waals surface area contributed by atoms with E-state index in [4.69, 9.17) is 13.9 Å². The van der Waals surface area contributed by atoms with Crippen molar-refractivity contribution >= 4 is 20.4 Å². The fourth-order valence-electron chi connectivity index (χ4n) is 2.81. The van der Waals surface area contributed by atoms with Gasteiger partial charge in [0, 0.05) is 6.08 Å². The molecule has 0 aliphatic carbocycles. The Kier molecular flexibility index (Phi) is 11.1. The summed E-state index contributed by atoms with van der Waals surface area (Å²) in [5, 5.41) is 0.170. The maximum absolute atomic E-state index is 11.3. The number of hydrogen-bond acceptors (Lipinski definition) is 5. The monoisotopic (exact) mass is 474 g/mol. The summed E-state index contributed by atoms with van der Waals surface area (Å²) in [4.78, 5) is 11.3. The number of methoxy groups -OCH3 is 2. The van der Waals surface area contributed by atoms with Crippen molar-refractivity contribution in [1.82, 2.24) is 0 Å². The molecular weight excluding hydrogens is 432 g/mol. The molecule has 33 heavy (non-hydrogen) atoms. The number of carbonyl (C=O) groups excluding carboxylic acids is 1. The lowest BCUT2D eigenvalue weighted by Gasteiger charge is -2.39. The fraction of sp³-hybridized carbons (Fsp3) is 0.519. The molecule has 0 amide bonds. The van der Waals surface area contributed by atoms with E-state index in [9.17, 15) is 4.79 Å². The normalized spacial score (nSPS) is 13.7. The van der Waals surface area contributed by atoms with Crippen LogP contribution >= 0.6 is 0 Å². The molecule has 0 radical (unpaired) electrons. The van der Waals surface area contributed by atoms with Gasteiger partial charge in [-0.15, -0.1) is 0 Å². The predicted octanol–water partition coefficient (Wildman–Crippen LogP) is 6.95. The summed E-state index contributed by atoms with van der Waals surface area (Å²) >= 11 is 0. The zero-order valence-electron chi connectivity index (χ0n) is 21.9. The molecule has 184 valence electrons. The third-order valence-corrected chi connectivity index (χ3v) is 10.6. The first kappa shape index (κ1) is 28.7. The smallest absolute Gasteiger partial charge is 0.330 e. The highest BCUT2D eigenvalue weighted by Crippen LogP contribution is 2.38. The minimum Gasteiger partial charge on any atom is -0.493 e. The van der Waals surface area contributed by atoms with Crippen LogP contribution in [0.15, 0.2) is 48.1 Å². The van der Waals surface area contributed by atoms with E-state index in [-0.39, 0.29) is 11.1 Å². The number of carbonyl (C=O) groups is 1. The SMILES string of the molecule is C=C(C)[C@H](CC/C(C)=C/COc1ccc(/C=C/C(=O)OC)cc1OC)O[Si](C)(C)C(C)(C)C. The largest absolute Gasteiger partial charge is 0.493 e. The lowest BCUT2D eigenvalue weighted by molar-refractivity contribution is -0.134. The summed E-state index contributed by atoms with van der Waals surface area (Å²) in [5.74, 6) is 0.856. The molecule has 1 aromatic carbocycles. The molecule has 0 N–H and O–H groups in total. The standard InChI is InChI=1S/C27H42O5Si/c1-20(2)23(32-33(9,10)27(4,5)6)14-11-21(3)17-18-31-24-15-12-22(19-25(24)29-7)13-16-26(28)30-8/h12-13,15-17,19,23H,1,11,14,18H2,2-10H3/b16-13+,21-17+/t23-/m0/s1. The number of allylic oxidation sites excluding steroid dienone is 1. The summed E-state index contributed by atoms with van der Waals surface area (Å²) in [7, 11) is 1.09. The van der Waals surface area contributed by atoms with E-state index in [0.29, 0.717) is 18.1 Å². The van der Waals surface area contributed by atoms with Gasteiger partial charge in [-0.3, -0.25) is 0 Å². The molecule has 5 nitrogen and oxygen atoms in total. The summed E-state index contributed by atoms with van der Waals surface area (Å²) in [6, 6.07) is 5.52. The van der Waals surface area contributed by atoms with Crippen LogP contribution in [0.5, 0.6) is 11.5 Å². The lowest BCUT2D eigenvalue weighted by Crippen LogP contribution is -2.44. The van der Waals surface area contributed by atoms with Gasteiger partial charge in [0.15, 0.2) is 19.8 Å². The van der Waals surface area contributed by atoms with Crippen LogP contribution in [0.25, 0.3) is 6.08 Å². The number of esters is 1. The van der Waals surface area contributed by atoms with Crippen LogP contribution in [0.2, 0.25) is 18.1 Å². The van der Waals surface area contributed by atoms with Crippen LogP contribution in [0.4, 0.5) is 0 Å². The van der Waals surface area contributed by atoms with Crippen LogP contribution in [0.3, 0.4) is 0 Å². The van der Waals surface area contributed by atoms with Crippen molar-refractivity contribution in [1.29, 1.82) is 0 Å². The Hall–Kier alpha value is -2.31. The van der Waals surface area contributed by atoms with Crippen molar-refractivity contribution in [2.45, 2.75) is 71.7 Å². The lowest BCUT2D eigenvalue weighted by atomic mass is 10.0. The van der Waals surface area contributed by atoms with E-state index >= 15 is 0 Å². The minimum atomic E-state index is -1.85. The molecule has 0 saturated heterocycles. The highest BCUT2D eigenvalue weighted by Gasteiger charge is 2.39. The van der Waals surface area contributed by atoms with Gasteiger partial charge in [0.25, 0.3) is 0 Å². The molecule has 1 atom stereocenters. The van der Waals surface area contributed by atoms with Gasteiger partial charge < -0.3 is 18.6 Å². The van der Waals surface area contributed by atoms with E-state index in [0.717, 1.165) is 24.0 Å². The van der Waals surface area contributed by atoms with E-state index < -0.39 is 14.3 Å². The topological polar surface area (TPSA) is 54.0 Å². The zero-order chi connectivity index (χ0) is 25.2. The van der Waals surface area contributed by atoms with Crippen LogP contribution in [0, 0.1) is 0 Å². The molecule has 0 spiro atoms. The van der Waals surface area contributed by atoms with Gasteiger partial charge in [0.1, 0.15) is 6.61 Å². The minimum absolute atomic E-state index is 0.0702. The van der Waals surface area contributed by atoms with Crippen molar-refractivity contribution in [2.75, 3.05) is 20.8 Å². The van der Waals surface area contributed by atoms with Gasteiger partial charge in [-0.2, -0.15) is 0 Å². The molecule has 0 unspecified atom stereocenters. The predicted molar refractivity (Wildman–Crippen MR) is 139 cm³/mol. The number of ether oxygens (including phenoxy) is 3. The Labute approximate surface area is 201 Å². The molecule has 1 rings (SSSR count). The van der Waals surface area contributed by atoms with E-state index in [1.165, 1.54) is 18.8 Å². The van der Waals surface area contributed by atoms with Gasteiger partial charge in [-0.25, -0.2) is 4.79 Å². The van der Waals surface area contributed by atoms with Crippen LogP contribution in [-0.4, -0.2) is 41.2 Å². The third-order valence-electron chi connectivity index (χ3n) is 6.06. The first-order valence-corrected chi connectivity index (χ1v) is 14.3. The maximum atomic E-state index is 11.3. The second-order valence-corrected chi connectivity index (χ2v) is 14.6. The van der Waals surface area contributed by atoms with Crippen LogP contribution in [-0.2, 0) is 14.0 Å². The number of benzene rings is 1. The van der Waals surface area contributed by atoms with Gasteiger partial charge in [0.2, 0.25) is 0 Å². The molecule has 0 aliphatic rings. The second kappa shape index (κ2) is 12.8. The van der Waals surface area contributed by atoms with E-state index in [2.05, 4.69) is 65.1 Å². The first-order chi connectivity index (χ1) is 15.3. The number of hydrogen-bond donors (Lipinski definition) is 0. The molecule has 0 aliphatic heterocycles. The highest BCUT2D eigenvalue weighted by atomic mass is 28.4. The summed E-state index contributed by atoms with van der Waals surface area (Å²) in [6.07, 6.45) is 7.03. The Morgan fingerprint density at radius 3 is 2.36 bits per heavy atom. The van der Waals surface area contributed by atoms with Crippen molar-refractivity contribution in [3.05, 3.63) is 53.6 Å². The molecule has 6 heteroatoms. The summed E-state index contributed by atoms with van der Waals surface area (Å²) < 4.78 is 22.6. The summed E-state index contributed by atoms with van der Waals surface area (Å²) in [6.45, 7) is 20.1. The Bertz CT molecular complexity index is 862. The maximum Gasteiger partial charge on any atom is 0.330 e. The van der Waals surface area contributed by atoms with Crippen molar-refractivity contribution < 1.29 is 23.4 Å². The summed E-state index contributed by atoms with van der Waals surface area (Å²) in [5.41, 5.74) is 3.15. The molecule has 1 aromatic rings. The van der Waals surface area contributed by atoms with Gasteiger partial charge in [0.05, 0.1) is 20.3 Å². The Morgan fingerprint density at radius 1 is 1.15 bits per heavy atom. The van der Waals surface area contributed by atoms with Gasteiger partial charge >= 0.3 is 5.97 Å². The molecule has 0 heterocycles. The van der Waals surface area contributed by atoms with Crippen molar-refractivity contribution in [3.63, 3.8) is 0 Å². The quantitative estimate of drug-likeness (QED) is 0.142. The highest BCUT2D eigenvalue weighted by molar-refractivity contribution is 6.74. The van der Waals surface area contributed by atoms with E-state index in [1.54, 1.807) is 13.2 Å². The van der Waals surface area contributed by atoms with Crippen LogP contribution < -0.4 is 9.47 Å². The van der Waals surface area contributed by atoms with Crippen LogP contribution in [0.1, 0.15) is 53.0 Å². The average molecular weight is 475 g/mol. The second-order valence-electron chi connectivity index (χ2n) is 9.88. The first-order valence-electron chi connectivity index (χ1n) is 11.4. The fourth-order valence-corrected chi connectivity index (χ4v) is 4.20. The van der Waals surface area contributed by atoms with Crippen molar-refractivity contribution in [2.24, 2.45) is 0 Å². The molecule has 0 saturated carbocycles. The van der Waals surface area contributed by atoms with Gasteiger partial charge in [-0.1, -0.05) is 44.6 Å². The molecule has 0 fully saturated rings. The number of rotatable bonds is 12. The molecular formula is C27H42O5Si. The van der Waals surface area contributed by atoms with E-state index in [1.807, 2.05) is 18.2 Å². The Morgan fingerprint density at radius 2 is 1.82 bits per heavy atom. The third kappa shape index (κ3) is 9.60. The Balaban J connectivity index is 2.71. The van der Waals surface area contributed by atoms with Crippen molar-refractivity contribution in [3.8, 4) is 11.5 Å². The zero-order valence-corrected chi connectivity index (χ0v) is 22.9.